The Balaban J connectivity index is 2.52. The molecule has 0 bridgehead atoms. The van der Waals surface area contributed by atoms with Gasteiger partial charge in [-0.1, -0.05) is 36.4 Å². The Bertz CT molecular complexity index is 532. The second-order valence-corrected chi connectivity index (χ2v) is 4.54. The van der Waals surface area contributed by atoms with Crippen LogP contribution < -0.4 is 4.74 Å². The molecule has 2 aromatic rings. The van der Waals surface area contributed by atoms with Gasteiger partial charge in [-0.25, -0.2) is 0 Å². The number of aliphatic hydroxyl groups excluding tert-OH is 2. The van der Waals surface area contributed by atoms with Crippen molar-refractivity contribution in [3.63, 3.8) is 0 Å². The van der Waals surface area contributed by atoms with Gasteiger partial charge < -0.3 is 14.9 Å². The molecule has 0 aliphatic carbocycles. The molecule has 1 unspecified atom stereocenters. The average molecular weight is 246 g/mol. The first-order valence-electron chi connectivity index (χ1n) is 6.10. The summed E-state index contributed by atoms with van der Waals surface area (Å²) in [6.07, 6.45) is -1.13. The van der Waals surface area contributed by atoms with Gasteiger partial charge in [0, 0.05) is 10.9 Å². The lowest BCUT2D eigenvalue weighted by molar-refractivity contribution is 0.119. The largest absolute Gasteiger partial charge is 0.490 e. The quantitative estimate of drug-likeness (QED) is 0.872. The van der Waals surface area contributed by atoms with Gasteiger partial charge in [0.1, 0.15) is 12.4 Å². The lowest BCUT2D eigenvalue weighted by Gasteiger charge is -2.17. The van der Waals surface area contributed by atoms with E-state index in [0.29, 0.717) is 5.75 Å². The van der Waals surface area contributed by atoms with Gasteiger partial charge in [-0.3, -0.25) is 0 Å². The van der Waals surface area contributed by atoms with E-state index in [9.17, 15) is 10.2 Å². The second-order valence-electron chi connectivity index (χ2n) is 4.54. The van der Waals surface area contributed by atoms with E-state index in [4.69, 9.17) is 4.74 Å². The van der Waals surface area contributed by atoms with E-state index in [-0.39, 0.29) is 6.61 Å². The molecular weight excluding hydrogens is 228 g/mol. The predicted octanol–water partition coefficient (Wildman–Crippen LogP) is 2.65. The zero-order chi connectivity index (χ0) is 13.1. The van der Waals surface area contributed by atoms with Gasteiger partial charge in [-0.15, -0.1) is 0 Å². The van der Waals surface area contributed by atoms with Gasteiger partial charge >= 0.3 is 0 Å². The van der Waals surface area contributed by atoms with Crippen molar-refractivity contribution in [2.45, 2.75) is 26.1 Å². The van der Waals surface area contributed by atoms with E-state index in [1.165, 1.54) is 0 Å². The second kappa shape index (κ2) is 5.38. The first-order chi connectivity index (χ1) is 8.59. The topological polar surface area (TPSA) is 49.7 Å². The molecule has 3 heteroatoms. The molecule has 0 spiro atoms. The van der Waals surface area contributed by atoms with Gasteiger partial charge in [0.2, 0.25) is 0 Å². The van der Waals surface area contributed by atoms with Crippen LogP contribution in [0.1, 0.15) is 25.5 Å². The van der Waals surface area contributed by atoms with Crippen LogP contribution in [0.3, 0.4) is 0 Å². The van der Waals surface area contributed by atoms with Crippen molar-refractivity contribution in [1.29, 1.82) is 0 Å². The zero-order valence-electron chi connectivity index (χ0n) is 10.6. The SMILES string of the molecule is CC(O)COc1c([C@@H](C)O)ccc2ccccc12. The summed E-state index contributed by atoms with van der Waals surface area (Å²) in [5, 5.41) is 21.1. The molecule has 0 aromatic heterocycles. The normalized spacial score (nSPS) is 14.4. The molecule has 0 heterocycles. The molecule has 0 fully saturated rings. The van der Waals surface area contributed by atoms with Crippen molar-refractivity contribution in [1.82, 2.24) is 0 Å². The van der Waals surface area contributed by atoms with Crippen molar-refractivity contribution in [3.05, 3.63) is 42.0 Å². The fourth-order valence-corrected chi connectivity index (χ4v) is 1.95. The molecule has 2 rings (SSSR count). The molecule has 0 aliphatic heterocycles. The molecule has 18 heavy (non-hydrogen) atoms. The van der Waals surface area contributed by atoms with Gasteiger partial charge in [-0.05, 0) is 19.2 Å². The molecule has 2 aromatic carbocycles. The molecule has 2 N–H and O–H groups in total. The predicted molar refractivity (Wildman–Crippen MR) is 71.8 cm³/mol. The fourth-order valence-electron chi connectivity index (χ4n) is 1.95. The van der Waals surface area contributed by atoms with Crippen LogP contribution >= 0.6 is 0 Å². The van der Waals surface area contributed by atoms with E-state index in [0.717, 1.165) is 16.3 Å². The minimum atomic E-state index is -0.599. The van der Waals surface area contributed by atoms with Crippen LogP contribution in [0.5, 0.6) is 5.75 Å². The third-order valence-corrected chi connectivity index (χ3v) is 2.83. The summed E-state index contributed by atoms with van der Waals surface area (Å²) < 4.78 is 5.66. The third-order valence-electron chi connectivity index (χ3n) is 2.83. The number of benzene rings is 2. The minimum Gasteiger partial charge on any atom is -0.490 e. The molecule has 0 saturated heterocycles. The molecule has 96 valence electrons. The Hall–Kier alpha value is -1.58. The van der Waals surface area contributed by atoms with E-state index in [1.54, 1.807) is 13.8 Å². The molecule has 0 saturated carbocycles. The van der Waals surface area contributed by atoms with Crippen LogP contribution in [0.25, 0.3) is 10.8 Å². The highest BCUT2D eigenvalue weighted by molar-refractivity contribution is 5.89. The average Bonchev–Trinajstić information content (AvgIpc) is 2.35. The maximum Gasteiger partial charge on any atom is 0.133 e. The number of rotatable bonds is 4. The zero-order valence-corrected chi connectivity index (χ0v) is 10.6. The minimum absolute atomic E-state index is 0.216. The number of fused-ring (bicyclic) bond motifs is 1. The Morgan fingerprint density at radius 2 is 1.78 bits per heavy atom. The lowest BCUT2D eigenvalue weighted by Crippen LogP contribution is -2.14. The first-order valence-corrected chi connectivity index (χ1v) is 6.10. The third kappa shape index (κ3) is 2.63. The molecular formula is C15H18O3. The van der Waals surface area contributed by atoms with E-state index in [1.807, 2.05) is 36.4 Å². The van der Waals surface area contributed by atoms with Crippen molar-refractivity contribution >= 4 is 10.8 Å². The number of hydrogen-bond acceptors (Lipinski definition) is 3. The monoisotopic (exact) mass is 246 g/mol. The standard InChI is InChI=1S/C15H18O3/c1-10(16)9-18-15-13(11(2)17)8-7-12-5-3-4-6-14(12)15/h3-8,10-11,16-17H,9H2,1-2H3/t10?,11-/m1/s1. The first kappa shape index (κ1) is 12.9. The summed E-state index contributed by atoms with van der Waals surface area (Å²) in [5.41, 5.74) is 0.745. The molecule has 0 aliphatic rings. The highest BCUT2D eigenvalue weighted by atomic mass is 16.5. The van der Waals surface area contributed by atoms with Gasteiger partial charge in [0.05, 0.1) is 12.2 Å². The van der Waals surface area contributed by atoms with Crippen molar-refractivity contribution < 1.29 is 14.9 Å². The smallest absolute Gasteiger partial charge is 0.133 e. The summed E-state index contributed by atoms with van der Waals surface area (Å²) in [6, 6.07) is 11.7. The van der Waals surface area contributed by atoms with Crippen LogP contribution in [-0.4, -0.2) is 22.9 Å². The summed E-state index contributed by atoms with van der Waals surface area (Å²) >= 11 is 0. The maximum absolute atomic E-state index is 9.79. The van der Waals surface area contributed by atoms with Gasteiger partial charge in [0.15, 0.2) is 0 Å². The van der Waals surface area contributed by atoms with Gasteiger partial charge in [0.25, 0.3) is 0 Å². The molecule has 3 nitrogen and oxygen atoms in total. The van der Waals surface area contributed by atoms with Crippen LogP contribution in [0.4, 0.5) is 0 Å². The Labute approximate surface area is 107 Å². The summed E-state index contributed by atoms with van der Waals surface area (Å²) in [6.45, 7) is 3.60. The Kier molecular flexibility index (Phi) is 3.84. The van der Waals surface area contributed by atoms with Crippen molar-refractivity contribution in [2.24, 2.45) is 0 Å². The lowest BCUT2D eigenvalue weighted by atomic mass is 10.0. The maximum atomic E-state index is 9.79. The van der Waals surface area contributed by atoms with E-state index < -0.39 is 12.2 Å². The van der Waals surface area contributed by atoms with Crippen LogP contribution in [0, 0.1) is 0 Å². The summed E-state index contributed by atoms with van der Waals surface area (Å²) in [7, 11) is 0. The van der Waals surface area contributed by atoms with Crippen LogP contribution in [0.15, 0.2) is 36.4 Å². The number of ether oxygens (including phenoxy) is 1. The highest BCUT2D eigenvalue weighted by Gasteiger charge is 2.13. The summed E-state index contributed by atoms with van der Waals surface area (Å²) in [4.78, 5) is 0. The van der Waals surface area contributed by atoms with E-state index in [2.05, 4.69) is 0 Å². The molecule has 0 amide bonds. The Morgan fingerprint density at radius 3 is 2.44 bits per heavy atom. The van der Waals surface area contributed by atoms with Crippen LogP contribution in [0.2, 0.25) is 0 Å². The fraction of sp³-hybridized carbons (Fsp3) is 0.333. The highest BCUT2D eigenvalue weighted by Crippen LogP contribution is 2.33. The number of aliphatic hydroxyl groups is 2. The summed E-state index contributed by atoms with van der Waals surface area (Å²) in [5.74, 6) is 0.656. The molecule has 0 radical (unpaired) electrons. The van der Waals surface area contributed by atoms with Crippen molar-refractivity contribution in [2.75, 3.05) is 6.61 Å². The number of hydrogen-bond donors (Lipinski definition) is 2. The Morgan fingerprint density at radius 1 is 1.06 bits per heavy atom. The van der Waals surface area contributed by atoms with E-state index >= 15 is 0 Å². The van der Waals surface area contributed by atoms with Crippen molar-refractivity contribution in [3.8, 4) is 5.75 Å². The van der Waals surface area contributed by atoms with Crippen LogP contribution in [-0.2, 0) is 0 Å². The van der Waals surface area contributed by atoms with Gasteiger partial charge in [-0.2, -0.15) is 0 Å². The molecule has 2 atom stereocenters.